The first-order valence-electron chi connectivity index (χ1n) is 12.5. The van der Waals surface area contributed by atoms with Crippen LogP contribution in [-0.2, 0) is 9.59 Å². The number of aryl methyl sites for hydroxylation is 1. The summed E-state index contributed by atoms with van der Waals surface area (Å²) in [6, 6.07) is 15.9. The zero-order valence-corrected chi connectivity index (χ0v) is 22.4. The topological polar surface area (TPSA) is 109 Å². The number of likely N-dealkylation sites (tertiary alicyclic amines) is 1. The van der Waals surface area contributed by atoms with E-state index in [2.05, 4.69) is 9.72 Å². The molecule has 1 aromatic heterocycles. The second-order valence-electron chi connectivity index (χ2n) is 9.86. The number of alkyl halides is 2. The smallest absolute Gasteiger partial charge is 0.387 e. The van der Waals surface area contributed by atoms with E-state index >= 15 is 0 Å². The van der Waals surface area contributed by atoms with Crippen molar-refractivity contribution in [2.45, 2.75) is 45.3 Å². The van der Waals surface area contributed by atoms with Crippen LogP contribution in [0.4, 0.5) is 14.5 Å². The Bertz CT molecular complexity index is 1430. The first-order chi connectivity index (χ1) is 18.9. The highest BCUT2D eigenvalue weighted by molar-refractivity contribution is 6.04. The molecule has 3 aromatic rings. The number of esters is 1. The van der Waals surface area contributed by atoms with Gasteiger partial charge >= 0.3 is 12.6 Å². The minimum Gasteiger partial charge on any atom is -0.504 e. The van der Waals surface area contributed by atoms with Crippen molar-refractivity contribution in [2.75, 3.05) is 18.5 Å². The number of halogens is 2. The third-order valence-corrected chi connectivity index (χ3v) is 7.00. The van der Waals surface area contributed by atoms with E-state index < -0.39 is 35.7 Å². The number of hydrogen-bond donors (Lipinski definition) is 1. The van der Waals surface area contributed by atoms with Gasteiger partial charge in [0, 0.05) is 38.2 Å². The fourth-order valence-electron chi connectivity index (χ4n) is 4.81. The lowest BCUT2D eigenvalue weighted by molar-refractivity contribution is -0.152. The number of amides is 2. The van der Waals surface area contributed by atoms with Crippen molar-refractivity contribution in [3.63, 3.8) is 0 Å². The molecule has 0 saturated carbocycles. The van der Waals surface area contributed by atoms with Crippen LogP contribution in [0.3, 0.4) is 0 Å². The van der Waals surface area contributed by atoms with Gasteiger partial charge in [-0.2, -0.15) is 8.78 Å². The highest BCUT2D eigenvalue weighted by Crippen LogP contribution is 2.42. The summed E-state index contributed by atoms with van der Waals surface area (Å²) in [5.74, 6) is -2.90. The average molecular weight is 554 g/mol. The Labute approximate surface area is 229 Å². The van der Waals surface area contributed by atoms with E-state index in [0.717, 1.165) is 5.56 Å². The van der Waals surface area contributed by atoms with Crippen LogP contribution in [0.15, 0.2) is 60.7 Å². The number of pyridine rings is 1. The minimum absolute atomic E-state index is 0.0628. The van der Waals surface area contributed by atoms with Gasteiger partial charge in [-0.3, -0.25) is 9.59 Å². The molecule has 0 bridgehead atoms. The van der Waals surface area contributed by atoms with Crippen molar-refractivity contribution >= 4 is 23.5 Å². The summed E-state index contributed by atoms with van der Waals surface area (Å²) in [6.07, 6.45) is 0.134. The number of aromatic hydroxyl groups is 1. The zero-order valence-electron chi connectivity index (χ0n) is 22.4. The number of benzene rings is 2. The van der Waals surface area contributed by atoms with Gasteiger partial charge in [0.2, 0.25) is 11.8 Å². The monoisotopic (exact) mass is 553 g/mol. The first-order valence-corrected chi connectivity index (χ1v) is 12.5. The molecule has 1 N–H and O–H groups in total. The normalized spacial score (nSPS) is 18.5. The third-order valence-electron chi connectivity index (χ3n) is 7.00. The van der Waals surface area contributed by atoms with Gasteiger partial charge in [0.05, 0.1) is 0 Å². The molecule has 1 saturated heterocycles. The van der Waals surface area contributed by atoms with Crippen molar-refractivity contribution in [3.8, 4) is 17.4 Å². The average Bonchev–Trinajstić information content (AvgIpc) is 3.28. The number of aromatic nitrogens is 1. The van der Waals surface area contributed by atoms with Crippen molar-refractivity contribution in [1.29, 1.82) is 0 Å². The lowest BCUT2D eigenvalue weighted by Crippen LogP contribution is -2.52. The van der Waals surface area contributed by atoms with Gasteiger partial charge in [-0.1, -0.05) is 29.8 Å². The summed E-state index contributed by atoms with van der Waals surface area (Å²) in [4.78, 5) is 46.0. The predicted molar refractivity (Wildman–Crippen MR) is 142 cm³/mol. The Morgan fingerprint density at radius 2 is 1.82 bits per heavy atom. The number of phenols is 1. The standard InChI is InChI=1S/C29H29F2N3O6/c1-17-8-11-21(12-9-17)33(4)26(37)22-6-5-7-25(32-22)40-27(38)29(3)15-20(16-34(29)18(2)35)19-10-13-24(23(36)14-19)39-28(30)31/h5-14,20,28,36H,15-16H2,1-4H3/t20-,29-/m1/s1. The third kappa shape index (κ3) is 5.88. The highest BCUT2D eigenvalue weighted by atomic mass is 19.3. The summed E-state index contributed by atoms with van der Waals surface area (Å²) in [6.45, 7) is 1.85. The number of carbonyl (C=O) groups is 3. The minimum atomic E-state index is -3.10. The second-order valence-corrected chi connectivity index (χ2v) is 9.86. The van der Waals surface area contributed by atoms with Crippen LogP contribution in [0, 0.1) is 6.92 Å². The van der Waals surface area contributed by atoms with Crippen LogP contribution in [-0.4, -0.2) is 58.5 Å². The number of phenolic OH excluding ortho intramolecular Hbond substituents is 1. The quantitative estimate of drug-likeness (QED) is 0.424. The molecule has 2 atom stereocenters. The van der Waals surface area contributed by atoms with Gasteiger partial charge < -0.3 is 24.4 Å². The number of ether oxygens (including phenoxy) is 2. The van der Waals surface area contributed by atoms with Gasteiger partial charge in [0.15, 0.2) is 11.5 Å². The Kier molecular flexibility index (Phi) is 8.03. The molecule has 2 heterocycles. The number of hydrogen-bond acceptors (Lipinski definition) is 7. The molecule has 1 fully saturated rings. The fourth-order valence-corrected chi connectivity index (χ4v) is 4.81. The van der Waals surface area contributed by atoms with Gasteiger partial charge in [0.1, 0.15) is 11.2 Å². The second kappa shape index (κ2) is 11.3. The van der Waals surface area contributed by atoms with E-state index in [1.807, 2.05) is 31.2 Å². The SMILES string of the molecule is CC(=O)N1C[C@H](c2ccc(OC(F)F)c(O)c2)C[C@]1(C)C(=O)Oc1cccc(C(=O)N(C)c2ccc(C)cc2)n1. The maximum absolute atomic E-state index is 13.4. The van der Waals surface area contributed by atoms with Gasteiger partial charge in [-0.15, -0.1) is 0 Å². The van der Waals surface area contributed by atoms with Crippen molar-refractivity contribution < 1.29 is 37.7 Å². The molecular formula is C29H29F2N3O6. The summed E-state index contributed by atoms with van der Waals surface area (Å²) < 4.78 is 35.0. The summed E-state index contributed by atoms with van der Waals surface area (Å²) in [7, 11) is 1.61. The molecule has 1 aliphatic rings. The number of anilines is 1. The number of carbonyl (C=O) groups excluding carboxylic acids is 3. The van der Waals surface area contributed by atoms with Crippen LogP contribution in [0.25, 0.3) is 0 Å². The molecule has 11 heteroatoms. The lowest BCUT2D eigenvalue weighted by Gasteiger charge is -2.31. The lowest BCUT2D eigenvalue weighted by atomic mass is 9.89. The van der Waals surface area contributed by atoms with Crippen LogP contribution in [0.2, 0.25) is 0 Å². The molecule has 1 aliphatic heterocycles. The van der Waals surface area contributed by atoms with Crippen LogP contribution < -0.4 is 14.4 Å². The molecule has 0 radical (unpaired) electrons. The van der Waals surface area contributed by atoms with Crippen molar-refractivity contribution in [3.05, 3.63) is 77.5 Å². The Morgan fingerprint density at radius 1 is 1.12 bits per heavy atom. The summed E-state index contributed by atoms with van der Waals surface area (Å²) in [5, 5.41) is 10.1. The van der Waals surface area contributed by atoms with Crippen LogP contribution in [0.5, 0.6) is 17.4 Å². The van der Waals surface area contributed by atoms with Gasteiger partial charge in [0.25, 0.3) is 5.91 Å². The summed E-state index contributed by atoms with van der Waals surface area (Å²) >= 11 is 0. The van der Waals surface area contributed by atoms with Crippen LogP contribution in [0.1, 0.15) is 47.8 Å². The maximum Gasteiger partial charge on any atom is 0.387 e. The van der Waals surface area contributed by atoms with E-state index in [9.17, 15) is 28.3 Å². The molecule has 210 valence electrons. The van der Waals surface area contributed by atoms with Gasteiger partial charge in [-0.25, -0.2) is 9.78 Å². The van der Waals surface area contributed by atoms with E-state index in [0.29, 0.717) is 11.3 Å². The molecule has 4 rings (SSSR count). The molecule has 2 aromatic carbocycles. The Balaban J connectivity index is 1.53. The van der Waals surface area contributed by atoms with Crippen LogP contribution >= 0.6 is 0 Å². The molecule has 0 unspecified atom stereocenters. The highest BCUT2D eigenvalue weighted by Gasteiger charge is 2.50. The van der Waals surface area contributed by atoms with E-state index in [4.69, 9.17) is 4.74 Å². The zero-order chi connectivity index (χ0) is 29.2. The Hall–Kier alpha value is -4.54. The van der Waals surface area contributed by atoms with E-state index in [-0.39, 0.29) is 36.2 Å². The van der Waals surface area contributed by atoms with Crippen molar-refractivity contribution in [1.82, 2.24) is 9.88 Å². The summed E-state index contributed by atoms with van der Waals surface area (Å²) in [5.41, 5.74) is 0.916. The molecule has 0 spiro atoms. The maximum atomic E-state index is 13.4. The first kappa shape index (κ1) is 28.5. The Morgan fingerprint density at radius 3 is 2.45 bits per heavy atom. The van der Waals surface area contributed by atoms with E-state index in [1.165, 1.54) is 47.1 Å². The van der Waals surface area contributed by atoms with Crippen molar-refractivity contribution in [2.24, 2.45) is 0 Å². The molecule has 9 nitrogen and oxygen atoms in total. The molecule has 0 aliphatic carbocycles. The van der Waals surface area contributed by atoms with Gasteiger partial charge in [-0.05, 0) is 56.2 Å². The molecule has 2 amide bonds. The largest absolute Gasteiger partial charge is 0.504 e. The molecule has 40 heavy (non-hydrogen) atoms. The number of nitrogens with zero attached hydrogens (tertiary/aromatic N) is 3. The fraction of sp³-hybridized carbons (Fsp3) is 0.310. The number of rotatable bonds is 7. The van der Waals surface area contributed by atoms with E-state index in [1.54, 1.807) is 20.0 Å². The predicted octanol–water partition coefficient (Wildman–Crippen LogP) is 4.67. The molecular weight excluding hydrogens is 524 g/mol.